The monoisotopic (exact) mass is 268 g/mol. The van der Waals surface area contributed by atoms with Crippen molar-refractivity contribution < 1.29 is 27.8 Å². The third-order valence-electron chi connectivity index (χ3n) is 2.04. The number of thiophene rings is 1. The van der Waals surface area contributed by atoms with E-state index in [4.69, 9.17) is 5.11 Å². The van der Waals surface area contributed by atoms with Crippen LogP contribution in [0.5, 0.6) is 0 Å². The molecule has 1 rings (SSSR count). The molecule has 96 valence electrons. The predicted molar refractivity (Wildman–Crippen MR) is 55.6 cm³/mol. The minimum Gasteiger partial charge on any atom is -0.461 e. The van der Waals surface area contributed by atoms with Crippen LogP contribution in [0.4, 0.5) is 13.2 Å². The van der Waals surface area contributed by atoms with Crippen LogP contribution in [-0.2, 0) is 28.7 Å². The summed E-state index contributed by atoms with van der Waals surface area (Å²) in [5, 5.41) is 10.1. The molecule has 0 atom stereocenters. The van der Waals surface area contributed by atoms with Crippen LogP contribution in [0.15, 0.2) is 5.38 Å². The maximum absolute atomic E-state index is 12.6. The molecule has 0 radical (unpaired) electrons. The first-order chi connectivity index (χ1) is 7.86. The second-order valence-corrected chi connectivity index (χ2v) is 4.20. The molecule has 1 N–H and O–H groups in total. The Morgan fingerprint density at radius 1 is 1.53 bits per heavy atom. The van der Waals surface area contributed by atoms with Gasteiger partial charge in [-0.15, -0.1) is 11.3 Å². The van der Waals surface area contributed by atoms with Gasteiger partial charge in [0, 0.05) is 19.1 Å². The van der Waals surface area contributed by atoms with Gasteiger partial charge < -0.3 is 9.84 Å². The molecule has 1 heterocycles. The average Bonchev–Trinajstić information content (AvgIpc) is 2.58. The number of aliphatic hydroxyl groups is 1. The molecular formula is C10H11F3O3S. The number of hydrogen-bond donors (Lipinski definition) is 1. The van der Waals surface area contributed by atoms with E-state index in [1.165, 1.54) is 5.38 Å². The maximum Gasteiger partial charge on any atom is 0.426 e. The predicted octanol–water partition coefficient (Wildman–Crippen LogP) is 2.36. The molecule has 0 spiro atoms. The molecule has 0 amide bonds. The maximum atomic E-state index is 12.6. The Kier molecular flexibility index (Phi) is 4.53. The Morgan fingerprint density at radius 3 is 2.65 bits per heavy atom. The summed E-state index contributed by atoms with van der Waals surface area (Å²) in [6.07, 6.45) is -4.35. The van der Waals surface area contributed by atoms with Crippen molar-refractivity contribution in [3.05, 3.63) is 21.4 Å². The SMILES string of the molecule is CC(=O)OCc1c(CCO)csc1C(F)(F)F. The highest BCUT2D eigenvalue weighted by atomic mass is 32.1. The van der Waals surface area contributed by atoms with Crippen molar-refractivity contribution in [3.8, 4) is 0 Å². The lowest BCUT2D eigenvalue weighted by atomic mass is 10.1. The Bertz CT molecular complexity index is 398. The van der Waals surface area contributed by atoms with Crippen LogP contribution in [0.1, 0.15) is 22.9 Å². The van der Waals surface area contributed by atoms with Gasteiger partial charge in [0.05, 0.1) is 0 Å². The number of hydrogen-bond acceptors (Lipinski definition) is 4. The zero-order valence-corrected chi connectivity index (χ0v) is 9.82. The summed E-state index contributed by atoms with van der Waals surface area (Å²) in [5.41, 5.74) is 0.304. The standard InChI is InChI=1S/C10H11F3O3S/c1-6(15)16-4-8-7(2-3-14)5-17-9(8)10(11,12)13/h5,14H,2-4H2,1H3. The van der Waals surface area contributed by atoms with E-state index in [0.717, 1.165) is 6.92 Å². The fourth-order valence-electron chi connectivity index (χ4n) is 1.32. The summed E-state index contributed by atoms with van der Waals surface area (Å²) in [5.74, 6) is -0.640. The van der Waals surface area contributed by atoms with Gasteiger partial charge in [0.25, 0.3) is 0 Å². The van der Waals surface area contributed by atoms with E-state index in [2.05, 4.69) is 4.74 Å². The van der Waals surface area contributed by atoms with Gasteiger partial charge in [0.15, 0.2) is 0 Å². The van der Waals surface area contributed by atoms with Crippen molar-refractivity contribution in [1.29, 1.82) is 0 Å². The number of alkyl halides is 3. The van der Waals surface area contributed by atoms with Crippen LogP contribution in [0.2, 0.25) is 0 Å². The van der Waals surface area contributed by atoms with Crippen molar-refractivity contribution >= 4 is 17.3 Å². The molecule has 1 aromatic heterocycles. The molecule has 0 bridgehead atoms. The normalized spacial score (nSPS) is 11.6. The zero-order chi connectivity index (χ0) is 13.1. The molecule has 17 heavy (non-hydrogen) atoms. The molecule has 0 aromatic carbocycles. The van der Waals surface area contributed by atoms with Crippen molar-refractivity contribution in [1.82, 2.24) is 0 Å². The number of aliphatic hydroxyl groups excluding tert-OH is 1. The number of ether oxygens (including phenoxy) is 1. The smallest absolute Gasteiger partial charge is 0.426 e. The van der Waals surface area contributed by atoms with Crippen molar-refractivity contribution in [2.75, 3.05) is 6.61 Å². The minimum absolute atomic E-state index is 0.0632. The van der Waals surface area contributed by atoms with Gasteiger partial charge in [0.2, 0.25) is 0 Å². The van der Waals surface area contributed by atoms with E-state index >= 15 is 0 Å². The average molecular weight is 268 g/mol. The zero-order valence-electron chi connectivity index (χ0n) is 9.00. The van der Waals surface area contributed by atoms with E-state index < -0.39 is 23.6 Å². The first kappa shape index (κ1) is 14.0. The summed E-state index contributed by atoms with van der Waals surface area (Å²) in [7, 11) is 0. The van der Waals surface area contributed by atoms with Crippen LogP contribution in [0.3, 0.4) is 0 Å². The second-order valence-electron chi connectivity index (χ2n) is 3.32. The first-order valence-corrected chi connectivity index (χ1v) is 5.65. The van der Waals surface area contributed by atoms with Gasteiger partial charge in [0.1, 0.15) is 11.5 Å². The van der Waals surface area contributed by atoms with E-state index in [0.29, 0.717) is 16.9 Å². The van der Waals surface area contributed by atoms with Crippen molar-refractivity contribution in [3.63, 3.8) is 0 Å². The fourth-order valence-corrected chi connectivity index (χ4v) is 2.30. The number of esters is 1. The Labute approximate surface area is 99.8 Å². The lowest BCUT2D eigenvalue weighted by Gasteiger charge is -2.09. The van der Waals surface area contributed by atoms with Crippen molar-refractivity contribution in [2.45, 2.75) is 26.1 Å². The Hall–Kier alpha value is -1.08. The summed E-state index contributed by atoms with van der Waals surface area (Å²) in [6.45, 7) is 0.468. The van der Waals surface area contributed by atoms with E-state index in [-0.39, 0.29) is 18.6 Å². The molecule has 0 unspecified atom stereocenters. The highest BCUT2D eigenvalue weighted by Gasteiger charge is 2.36. The number of halogens is 3. The van der Waals surface area contributed by atoms with Crippen molar-refractivity contribution in [2.24, 2.45) is 0 Å². The first-order valence-electron chi connectivity index (χ1n) is 4.77. The Balaban J connectivity index is 3.01. The Morgan fingerprint density at radius 2 is 2.18 bits per heavy atom. The molecule has 0 aliphatic rings. The van der Waals surface area contributed by atoms with Gasteiger partial charge in [-0.2, -0.15) is 13.2 Å². The number of carbonyl (C=O) groups is 1. The van der Waals surface area contributed by atoms with Crippen LogP contribution in [0.25, 0.3) is 0 Å². The largest absolute Gasteiger partial charge is 0.461 e. The summed E-state index contributed by atoms with van der Waals surface area (Å²) in [4.78, 5) is 9.84. The lowest BCUT2D eigenvalue weighted by molar-refractivity contribution is -0.144. The highest BCUT2D eigenvalue weighted by Crippen LogP contribution is 2.38. The number of carbonyl (C=O) groups excluding carboxylic acids is 1. The van der Waals surface area contributed by atoms with Crippen LogP contribution in [-0.4, -0.2) is 17.7 Å². The van der Waals surface area contributed by atoms with E-state index in [9.17, 15) is 18.0 Å². The molecule has 0 saturated heterocycles. The molecule has 7 heteroatoms. The molecule has 3 nitrogen and oxygen atoms in total. The second kappa shape index (κ2) is 5.50. The number of rotatable bonds is 4. The summed E-state index contributed by atoms with van der Waals surface area (Å²) >= 11 is 0.547. The molecular weight excluding hydrogens is 257 g/mol. The molecule has 0 fully saturated rings. The van der Waals surface area contributed by atoms with Crippen LogP contribution in [0, 0.1) is 0 Å². The fraction of sp³-hybridized carbons (Fsp3) is 0.500. The minimum atomic E-state index is -4.46. The van der Waals surface area contributed by atoms with Crippen LogP contribution >= 0.6 is 11.3 Å². The lowest BCUT2D eigenvalue weighted by Crippen LogP contribution is -2.10. The third kappa shape index (κ3) is 3.71. The van der Waals surface area contributed by atoms with Gasteiger partial charge in [-0.1, -0.05) is 0 Å². The molecule has 1 aromatic rings. The van der Waals surface area contributed by atoms with Gasteiger partial charge in [-0.25, -0.2) is 0 Å². The summed E-state index contributed by atoms with van der Waals surface area (Å²) in [6, 6.07) is 0. The third-order valence-corrected chi connectivity index (χ3v) is 3.16. The van der Waals surface area contributed by atoms with Gasteiger partial charge in [-0.05, 0) is 17.4 Å². The van der Waals surface area contributed by atoms with Gasteiger partial charge >= 0.3 is 12.1 Å². The molecule has 0 aliphatic heterocycles. The highest BCUT2D eigenvalue weighted by molar-refractivity contribution is 7.10. The van der Waals surface area contributed by atoms with E-state index in [1.807, 2.05) is 0 Å². The van der Waals surface area contributed by atoms with E-state index in [1.54, 1.807) is 0 Å². The summed E-state index contributed by atoms with van der Waals surface area (Å²) < 4.78 is 42.5. The molecule has 0 saturated carbocycles. The quantitative estimate of drug-likeness (QED) is 0.853. The molecule has 0 aliphatic carbocycles. The topological polar surface area (TPSA) is 46.5 Å². The van der Waals surface area contributed by atoms with Crippen LogP contribution < -0.4 is 0 Å². The van der Waals surface area contributed by atoms with Gasteiger partial charge in [-0.3, -0.25) is 4.79 Å².